The van der Waals surface area contributed by atoms with Crippen LogP contribution in [-0.2, 0) is 16.0 Å². The minimum Gasteiger partial charge on any atom is -0.469 e. The lowest BCUT2D eigenvalue weighted by Gasteiger charge is -2.17. The molecule has 0 aliphatic rings. The van der Waals surface area contributed by atoms with E-state index in [1.165, 1.54) is 7.11 Å². The third-order valence-electron chi connectivity index (χ3n) is 2.65. The van der Waals surface area contributed by atoms with Crippen molar-refractivity contribution in [2.75, 3.05) is 7.11 Å². The molecule has 0 fully saturated rings. The van der Waals surface area contributed by atoms with Crippen LogP contribution in [0.2, 0.25) is 0 Å². The summed E-state index contributed by atoms with van der Waals surface area (Å²) in [6.45, 7) is 3.88. The summed E-state index contributed by atoms with van der Waals surface area (Å²) in [5.41, 5.74) is 5.85. The molecule has 1 rings (SSSR count). The van der Waals surface area contributed by atoms with Crippen LogP contribution in [0.1, 0.15) is 37.7 Å². The fourth-order valence-electron chi connectivity index (χ4n) is 1.59. The molecule has 1 aromatic rings. The largest absolute Gasteiger partial charge is 0.469 e. The van der Waals surface area contributed by atoms with E-state index in [1.807, 2.05) is 26.0 Å². The van der Waals surface area contributed by atoms with E-state index in [4.69, 9.17) is 10.2 Å². The minimum atomic E-state index is -0.267. The second-order valence-corrected chi connectivity index (χ2v) is 3.90. The van der Waals surface area contributed by atoms with Crippen LogP contribution in [-0.4, -0.2) is 19.1 Å². The molecule has 2 unspecified atom stereocenters. The first-order valence-electron chi connectivity index (χ1n) is 5.49. The molecule has 90 valence electrons. The molecule has 0 saturated carbocycles. The normalized spacial score (nSPS) is 14.5. The average Bonchev–Trinajstić information content (AvgIpc) is 2.73. The molecule has 0 spiro atoms. The van der Waals surface area contributed by atoms with Crippen LogP contribution in [0, 0.1) is 0 Å². The highest BCUT2D eigenvalue weighted by molar-refractivity contribution is 5.70. The SMILES string of the molecule is CCc1ccc(C(CC(=O)OC)C(C)N)o1. The van der Waals surface area contributed by atoms with Gasteiger partial charge in [-0.15, -0.1) is 0 Å². The van der Waals surface area contributed by atoms with Gasteiger partial charge >= 0.3 is 5.97 Å². The Hall–Kier alpha value is -1.29. The monoisotopic (exact) mass is 225 g/mol. The van der Waals surface area contributed by atoms with Crippen molar-refractivity contribution in [1.82, 2.24) is 0 Å². The van der Waals surface area contributed by atoms with Crippen molar-refractivity contribution in [3.63, 3.8) is 0 Å². The Morgan fingerprint density at radius 3 is 2.69 bits per heavy atom. The van der Waals surface area contributed by atoms with Crippen LogP contribution in [0.4, 0.5) is 0 Å². The van der Waals surface area contributed by atoms with Gasteiger partial charge in [-0.2, -0.15) is 0 Å². The van der Waals surface area contributed by atoms with E-state index in [2.05, 4.69) is 4.74 Å². The molecule has 0 aromatic carbocycles. The third-order valence-corrected chi connectivity index (χ3v) is 2.65. The van der Waals surface area contributed by atoms with E-state index in [9.17, 15) is 4.79 Å². The van der Waals surface area contributed by atoms with Crippen LogP contribution in [0.15, 0.2) is 16.5 Å². The number of methoxy groups -OCH3 is 1. The van der Waals surface area contributed by atoms with Gasteiger partial charge in [0.1, 0.15) is 11.5 Å². The van der Waals surface area contributed by atoms with Crippen molar-refractivity contribution < 1.29 is 13.9 Å². The second kappa shape index (κ2) is 5.70. The number of rotatable bonds is 5. The molecule has 1 heterocycles. The van der Waals surface area contributed by atoms with Gasteiger partial charge in [0.25, 0.3) is 0 Å². The first-order valence-corrected chi connectivity index (χ1v) is 5.49. The average molecular weight is 225 g/mol. The van der Waals surface area contributed by atoms with E-state index < -0.39 is 0 Å². The maximum absolute atomic E-state index is 11.3. The zero-order valence-electron chi connectivity index (χ0n) is 10.0. The standard InChI is InChI=1S/C12H19NO3/c1-4-9-5-6-11(16-9)10(8(2)13)7-12(14)15-3/h5-6,8,10H,4,7,13H2,1-3H3. The zero-order chi connectivity index (χ0) is 12.1. The van der Waals surface area contributed by atoms with Gasteiger partial charge in [-0.25, -0.2) is 0 Å². The summed E-state index contributed by atoms with van der Waals surface area (Å²) in [5.74, 6) is 1.28. The van der Waals surface area contributed by atoms with Crippen LogP contribution >= 0.6 is 0 Å². The molecule has 0 aliphatic carbocycles. The van der Waals surface area contributed by atoms with Gasteiger partial charge < -0.3 is 14.9 Å². The van der Waals surface area contributed by atoms with Crippen LogP contribution < -0.4 is 5.73 Å². The predicted octanol–water partition coefficient (Wildman–Crippen LogP) is 1.84. The number of furan rings is 1. The van der Waals surface area contributed by atoms with Gasteiger partial charge in [0, 0.05) is 18.4 Å². The number of esters is 1. The highest BCUT2D eigenvalue weighted by atomic mass is 16.5. The maximum Gasteiger partial charge on any atom is 0.306 e. The number of hydrogen-bond donors (Lipinski definition) is 1. The molecule has 4 heteroatoms. The van der Waals surface area contributed by atoms with Gasteiger partial charge in [0.2, 0.25) is 0 Å². The molecule has 0 bridgehead atoms. The lowest BCUT2D eigenvalue weighted by Crippen LogP contribution is -2.27. The maximum atomic E-state index is 11.3. The summed E-state index contributed by atoms with van der Waals surface area (Å²) in [4.78, 5) is 11.3. The molecule has 1 aromatic heterocycles. The molecule has 0 amide bonds. The fourth-order valence-corrected chi connectivity index (χ4v) is 1.59. The van der Waals surface area contributed by atoms with Crippen molar-refractivity contribution in [2.45, 2.75) is 38.6 Å². The number of nitrogens with two attached hydrogens (primary N) is 1. The van der Waals surface area contributed by atoms with Crippen LogP contribution in [0.3, 0.4) is 0 Å². The van der Waals surface area contributed by atoms with Gasteiger partial charge in [-0.3, -0.25) is 4.79 Å². The molecule has 0 aliphatic heterocycles. The predicted molar refractivity (Wildman–Crippen MR) is 61.1 cm³/mol. The summed E-state index contributed by atoms with van der Waals surface area (Å²) >= 11 is 0. The number of carbonyl (C=O) groups is 1. The van der Waals surface area contributed by atoms with Crippen molar-refractivity contribution in [3.8, 4) is 0 Å². The Morgan fingerprint density at radius 1 is 1.56 bits per heavy atom. The lowest BCUT2D eigenvalue weighted by molar-refractivity contribution is -0.141. The summed E-state index contributed by atoms with van der Waals surface area (Å²) in [6.07, 6.45) is 1.09. The van der Waals surface area contributed by atoms with Gasteiger partial charge in [0.15, 0.2) is 0 Å². The quantitative estimate of drug-likeness (QED) is 0.776. The lowest BCUT2D eigenvalue weighted by atomic mass is 9.95. The first kappa shape index (κ1) is 12.8. The Morgan fingerprint density at radius 2 is 2.25 bits per heavy atom. The highest BCUT2D eigenvalue weighted by Gasteiger charge is 2.23. The number of aryl methyl sites for hydroxylation is 1. The van der Waals surface area contributed by atoms with Gasteiger partial charge in [0.05, 0.1) is 13.5 Å². The van der Waals surface area contributed by atoms with Crippen LogP contribution in [0.5, 0.6) is 0 Å². The van der Waals surface area contributed by atoms with E-state index >= 15 is 0 Å². The number of hydrogen-bond acceptors (Lipinski definition) is 4. The summed E-state index contributed by atoms with van der Waals surface area (Å²) in [5, 5.41) is 0. The summed E-state index contributed by atoms with van der Waals surface area (Å²) in [7, 11) is 1.38. The van der Waals surface area contributed by atoms with Crippen molar-refractivity contribution >= 4 is 5.97 Å². The molecule has 2 N–H and O–H groups in total. The molecule has 16 heavy (non-hydrogen) atoms. The molecule has 0 radical (unpaired) electrons. The topological polar surface area (TPSA) is 65.5 Å². The summed E-state index contributed by atoms with van der Waals surface area (Å²) < 4.78 is 10.3. The summed E-state index contributed by atoms with van der Waals surface area (Å²) in [6, 6.07) is 3.66. The smallest absolute Gasteiger partial charge is 0.306 e. The first-order chi connectivity index (χ1) is 7.58. The van der Waals surface area contributed by atoms with E-state index in [1.54, 1.807) is 0 Å². The van der Waals surface area contributed by atoms with E-state index in [0.29, 0.717) is 0 Å². The van der Waals surface area contributed by atoms with Crippen LogP contribution in [0.25, 0.3) is 0 Å². The van der Waals surface area contributed by atoms with Crippen molar-refractivity contribution in [2.24, 2.45) is 5.73 Å². The molecular formula is C12H19NO3. The van der Waals surface area contributed by atoms with Crippen molar-refractivity contribution in [1.29, 1.82) is 0 Å². The Labute approximate surface area is 95.8 Å². The van der Waals surface area contributed by atoms with Gasteiger partial charge in [-0.1, -0.05) is 6.92 Å². The van der Waals surface area contributed by atoms with Crippen molar-refractivity contribution in [3.05, 3.63) is 23.7 Å². The van der Waals surface area contributed by atoms with E-state index in [0.717, 1.165) is 17.9 Å². The Balaban J connectivity index is 2.80. The number of ether oxygens (including phenoxy) is 1. The molecular weight excluding hydrogens is 206 g/mol. The van der Waals surface area contributed by atoms with Gasteiger partial charge in [-0.05, 0) is 19.1 Å². The van der Waals surface area contributed by atoms with E-state index in [-0.39, 0.29) is 24.3 Å². The molecule has 2 atom stereocenters. The second-order valence-electron chi connectivity index (χ2n) is 3.90. The Kier molecular flexibility index (Phi) is 4.55. The molecule has 4 nitrogen and oxygen atoms in total. The highest BCUT2D eigenvalue weighted by Crippen LogP contribution is 2.25. The Bertz CT molecular complexity index is 344. The third kappa shape index (κ3) is 3.10. The zero-order valence-corrected chi connectivity index (χ0v) is 10.0. The molecule has 0 saturated heterocycles. The minimum absolute atomic E-state index is 0.118. The number of carbonyl (C=O) groups excluding carboxylic acids is 1. The fraction of sp³-hybridized carbons (Fsp3) is 0.583.